The van der Waals surface area contributed by atoms with Gasteiger partial charge in [0.25, 0.3) is 0 Å². The Morgan fingerprint density at radius 2 is 2.17 bits per heavy atom. The third-order valence-electron chi connectivity index (χ3n) is 5.38. The zero-order chi connectivity index (χ0) is 16.1. The molecule has 0 atom stereocenters. The number of nitrogens with zero attached hydrogens (tertiary/aromatic N) is 3. The fourth-order valence-electron chi connectivity index (χ4n) is 4.10. The SMILES string of the molecule is CN=C(NCCCCc1nc(C)cs1)N1CCC2(CCCC2)C1. The van der Waals surface area contributed by atoms with E-state index in [4.69, 9.17) is 0 Å². The van der Waals surface area contributed by atoms with Gasteiger partial charge in [-0.2, -0.15) is 0 Å². The maximum Gasteiger partial charge on any atom is 0.193 e. The van der Waals surface area contributed by atoms with Gasteiger partial charge in [0.1, 0.15) is 0 Å². The van der Waals surface area contributed by atoms with Crippen LogP contribution in [0.15, 0.2) is 10.4 Å². The zero-order valence-corrected chi connectivity index (χ0v) is 15.4. The number of aryl methyl sites for hydroxylation is 2. The lowest BCUT2D eigenvalue weighted by atomic mass is 9.86. The van der Waals surface area contributed by atoms with E-state index in [9.17, 15) is 0 Å². The Bertz CT molecular complexity index is 531. The fraction of sp³-hybridized carbons (Fsp3) is 0.778. The highest BCUT2D eigenvalue weighted by Gasteiger charge is 2.40. The average molecular weight is 335 g/mol. The minimum absolute atomic E-state index is 0.611. The van der Waals surface area contributed by atoms with Crippen molar-refractivity contribution in [1.29, 1.82) is 0 Å². The molecule has 23 heavy (non-hydrogen) atoms. The number of hydrogen-bond acceptors (Lipinski definition) is 3. The maximum atomic E-state index is 4.53. The molecule has 1 spiro atoms. The Hall–Kier alpha value is -1.10. The summed E-state index contributed by atoms with van der Waals surface area (Å²) in [6, 6.07) is 0. The minimum atomic E-state index is 0.611. The van der Waals surface area contributed by atoms with E-state index in [1.54, 1.807) is 11.3 Å². The molecular formula is C18H30N4S. The molecule has 0 aromatic carbocycles. The second kappa shape index (κ2) is 7.65. The monoisotopic (exact) mass is 334 g/mol. The number of nitrogens with one attached hydrogen (secondary N) is 1. The maximum absolute atomic E-state index is 4.53. The van der Waals surface area contributed by atoms with Crippen molar-refractivity contribution >= 4 is 17.3 Å². The van der Waals surface area contributed by atoms with Gasteiger partial charge in [-0.1, -0.05) is 12.8 Å². The molecule has 1 aromatic rings. The quantitative estimate of drug-likeness (QED) is 0.508. The number of aromatic nitrogens is 1. The molecule has 0 radical (unpaired) electrons. The van der Waals surface area contributed by atoms with Crippen LogP contribution in [0.25, 0.3) is 0 Å². The molecule has 1 aliphatic carbocycles. The Labute approximate surface area is 144 Å². The first-order chi connectivity index (χ1) is 11.2. The molecule has 1 aromatic heterocycles. The summed E-state index contributed by atoms with van der Waals surface area (Å²) in [6.45, 7) is 5.47. The van der Waals surface area contributed by atoms with Gasteiger partial charge in [0.05, 0.1) is 5.01 Å². The molecule has 2 aliphatic rings. The molecule has 1 saturated heterocycles. The van der Waals surface area contributed by atoms with E-state index in [0.29, 0.717) is 5.41 Å². The molecule has 0 unspecified atom stereocenters. The van der Waals surface area contributed by atoms with Gasteiger partial charge in [0, 0.05) is 37.8 Å². The molecule has 0 amide bonds. The summed E-state index contributed by atoms with van der Waals surface area (Å²) in [5.41, 5.74) is 1.76. The highest BCUT2D eigenvalue weighted by molar-refractivity contribution is 7.09. The first-order valence-electron chi connectivity index (χ1n) is 9.07. The van der Waals surface area contributed by atoms with Crippen molar-refractivity contribution in [2.45, 2.75) is 58.3 Å². The van der Waals surface area contributed by atoms with E-state index in [-0.39, 0.29) is 0 Å². The lowest BCUT2D eigenvalue weighted by molar-refractivity contribution is 0.309. The van der Waals surface area contributed by atoms with Gasteiger partial charge in [0.2, 0.25) is 0 Å². The summed E-state index contributed by atoms with van der Waals surface area (Å²) < 4.78 is 0. The molecule has 1 N–H and O–H groups in total. The zero-order valence-electron chi connectivity index (χ0n) is 14.6. The van der Waals surface area contributed by atoms with Crippen LogP contribution in [-0.2, 0) is 6.42 Å². The molecule has 0 bridgehead atoms. The normalized spacial score (nSPS) is 20.6. The molecular weight excluding hydrogens is 304 g/mol. The molecule has 2 fully saturated rings. The van der Waals surface area contributed by atoms with Crippen LogP contribution < -0.4 is 5.32 Å². The second-order valence-corrected chi connectivity index (χ2v) is 8.14. The lowest BCUT2D eigenvalue weighted by Crippen LogP contribution is -2.41. The number of rotatable bonds is 5. The van der Waals surface area contributed by atoms with Crippen LogP contribution in [0.4, 0.5) is 0 Å². The Kier molecular flexibility index (Phi) is 5.57. The van der Waals surface area contributed by atoms with Crippen molar-refractivity contribution in [2.24, 2.45) is 10.4 Å². The van der Waals surface area contributed by atoms with Crippen LogP contribution in [0, 0.1) is 12.3 Å². The summed E-state index contributed by atoms with van der Waals surface area (Å²) in [5.74, 6) is 1.11. The smallest absolute Gasteiger partial charge is 0.193 e. The topological polar surface area (TPSA) is 40.5 Å². The van der Waals surface area contributed by atoms with Crippen LogP contribution in [-0.4, -0.2) is 42.5 Å². The third-order valence-corrected chi connectivity index (χ3v) is 6.41. The van der Waals surface area contributed by atoms with Gasteiger partial charge in [-0.05, 0) is 50.9 Å². The van der Waals surface area contributed by atoms with E-state index in [1.807, 2.05) is 7.05 Å². The predicted molar refractivity (Wildman–Crippen MR) is 98.2 cm³/mol. The van der Waals surface area contributed by atoms with Gasteiger partial charge in [0.15, 0.2) is 5.96 Å². The number of unbranched alkanes of at least 4 members (excludes halogenated alkanes) is 1. The van der Waals surface area contributed by atoms with Crippen molar-refractivity contribution in [2.75, 3.05) is 26.7 Å². The number of likely N-dealkylation sites (tertiary alicyclic amines) is 1. The number of thiazole rings is 1. The number of aliphatic imine (C=N–C) groups is 1. The van der Waals surface area contributed by atoms with Crippen molar-refractivity contribution in [3.05, 3.63) is 16.1 Å². The lowest BCUT2D eigenvalue weighted by Gasteiger charge is -2.25. The molecule has 1 saturated carbocycles. The van der Waals surface area contributed by atoms with Gasteiger partial charge < -0.3 is 10.2 Å². The average Bonchev–Trinajstić information content (AvgIpc) is 3.27. The summed E-state index contributed by atoms with van der Waals surface area (Å²) >= 11 is 1.79. The molecule has 3 rings (SSSR count). The van der Waals surface area contributed by atoms with E-state index < -0.39 is 0 Å². The highest BCUT2D eigenvalue weighted by atomic mass is 32.1. The predicted octanol–water partition coefficient (Wildman–Crippen LogP) is 3.62. The van der Waals surface area contributed by atoms with Crippen LogP contribution in [0.3, 0.4) is 0 Å². The highest BCUT2D eigenvalue weighted by Crippen LogP contribution is 2.45. The summed E-state index contributed by atoms with van der Waals surface area (Å²) in [6.07, 6.45) is 10.5. The van der Waals surface area contributed by atoms with E-state index in [0.717, 1.165) is 24.6 Å². The van der Waals surface area contributed by atoms with Crippen LogP contribution >= 0.6 is 11.3 Å². The van der Waals surface area contributed by atoms with Crippen molar-refractivity contribution in [3.8, 4) is 0 Å². The Morgan fingerprint density at radius 1 is 1.35 bits per heavy atom. The third kappa shape index (κ3) is 4.25. The van der Waals surface area contributed by atoms with Gasteiger partial charge >= 0.3 is 0 Å². The molecule has 1 aliphatic heterocycles. The summed E-state index contributed by atoms with van der Waals surface area (Å²) in [4.78, 5) is 11.5. The van der Waals surface area contributed by atoms with Gasteiger partial charge in [-0.3, -0.25) is 4.99 Å². The largest absolute Gasteiger partial charge is 0.356 e. The van der Waals surface area contributed by atoms with E-state index in [2.05, 4.69) is 32.5 Å². The molecule has 4 nitrogen and oxygen atoms in total. The van der Waals surface area contributed by atoms with Crippen molar-refractivity contribution in [1.82, 2.24) is 15.2 Å². The first kappa shape index (κ1) is 16.7. The molecule has 5 heteroatoms. The van der Waals surface area contributed by atoms with E-state index in [1.165, 1.54) is 63.0 Å². The van der Waals surface area contributed by atoms with Crippen molar-refractivity contribution < 1.29 is 0 Å². The molecule has 2 heterocycles. The van der Waals surface area contributed by atoms with E-state index >= 15 is 0 Å². The first-order valence-corrected chi connectivity index (χ1v) is 9.95. The second-order valence-electron chi connectivity index (χ2n) is 7.19. The van der Waals surface area contributed by atoms with Crippen LogP contribution in [0.5, 0.6) is 0 Å². The Morgan fingerprint density at radius 3 is 2.87 bits per heavy atom. The summed E-state index contributed by atoms with van der Waals surface area (Å²) in [7, 11) is 1.92. The molecule has 128 valence electrons. The Balaban J connectivity index is 1.37. The van der Waals surface area contributed by atoms with Gasteiger partial charge in [-0.25, -0.2) is 4.98 Å². The van der Waals surface area contributed by atoms with Crippen LogP contribution in [0.1, 0.15) is 55.6 Å². The van der Waals surface area contributed by atoms with Gasteiger partial charge in [-0.15, -0.1) is 11.3 Å². The minimum Gasteiger partial charge on any atom is -0.356 e. The number of hydrogen-bond donors (Lipinski definition) is 1. The number of guanidine groups is 1. The fourth-order valence-corrected chi connectivity index (χ4v) is 4.92. The van der Waals surface area contributed by atoms with Crippen molar-refractivity contribution in [3.63, 3.8) is 0 Å². The van der Waals surface area contributed by atoms with Crippen LogP contribution in [0.2, 0.25) is 0 Å². The standard InChI is InChI=1S/C18H30N4S/c1-15-13-23-16(21-15)7-3-6-11-20-17(19-2)22-12-10-18(14-22)8-4-5-9-18/h13H,3-12,14H2,1-2H3,(H,19,20). The summed E-state index contributed by atoms with van der Waals surface area (Å²) in [5, 5.41) is 6.98.